The number of nitro benzene ring substituents is 1. The Hall–Kier alpha value is -2.68. The molecule has 3 rings (SSSR count). The molecule has 144 valence electrons. The smallest absolute Gasteiger partial charge is 0.355 e. The molecule has 0 aliphatic carbocycles. The van der Waals surface area contributed by atoms with Crippen LogP contribution in [0, 0.1) is 10.1 Å². The van der Waals surface area contributed by atoms with Gasteiger partial charge in [-0.2, -0.15) is 13.2 Å². The fraction of sp³-hybridized carbons (Fsp3) is 0.389. The van der Waals surface area contributed by atoms with Crippen LogP contribution in [0.3, 0.4) is 0 Å². The van der Waals surface area contributed by atoms with Crippen molar-refractivity contribution in [1.82, 2.24) is 9.88 Å². The van der Waals surface area contributed by atoms with Gasteiger partial charge in [0.05, 0.1) is 10.5 Å². The monoisotopic (exact) mass is 380 g/mol. The first-order valence-electron chi connectivity index (χ1n) is 8.57. The molecule has 1 aliphatic heterocycles. The maximum atomic E-state index is 12.7. The SMILES string of the molecule is O=[N+]([O-])c1cccc(CN2CCCN(c3ccc(C(F)(F)F)cn3)CC2)c1. The molecule has 2 heterocycles. The molecule has 27 heavy (non-hydrogen) atoms. The summed E-state index contributed by atoms with van der Waals surface area (Å²) in [6.45, 7) is 3.43. The Morgan fingerprint density at radius 2 is 1.93 bits per heavy atom. The molecule has 0 bridgehead atoms. The van der Waals surface area contributed by atoms with Crippen molar-refractivity contribution >= 4 is 11.5 Å². The van der Waals surface area contributed by atoms with Gasteiger partial charge in [0.1, 0.15) is 5.82 Å². The fourth-order valence-corrected chi connectivity index (χ4v) is 3.13. The number of pyridine rings is 1. The Bertz CT molecular complexity index is 796. The molecule has 1 aromatic heterocycles. The standard InChI is InChI=1S/C18H19F3N4O2/c19-18(20,21)15-5-6-17(22-12-15)24-8-2-7-23(9-10-24)13-14-3-1-4-16(11-14)25(26)27/h1,3-6,11-12H,2,7-10,13H2. The van der Waals surface area contributed by atoms with E-state index in [1.54, 1.807) is 12.1 Å². The van der Waals surface area contributed by atoms with E-state index in [0.717, 1.165) is 30.8 Å². The third-order valence-corrected chi connectivity index (χ3v) is 4.52. The second kappa shape index (κ2) is 7.91. The van der Waals surface area contributed by atoms with E-state index in [0.29, 0.717) is 32.0 Å². The highest BCUT2D eigenvalue weighted by atomic mass is 19.4. The van der Waals surface area contributed by atoms with Gasteiger partial charge in [-0.15, -0.1) is 0 Å². The van der Waals surface area contributed by atoms with Crippen molar-refractivity contribution in [2.24, 2.45) is 0 Å². The van der Waals surface area contributed by atoms with Crippen LogP contribution in [0.2, 0.25) is 0 Å². The molecule has 1 aliphatic rings. The Balaban J connectivity index is 1.62. The van der Waals surface area contributed by atoms with Gasteiger partial charge in [-0.25, -0.2) is 4.98 Å². The van der Waals surface area contributed by atoms with Gasteiger partial charge in [-0.1, -0.05) is 12.1 Å². The summed E-state index contributed by atoms with van der Waals surface area (Å²) in [4.78, 5) is 18.6. The van der Waals surface area contributed by atoms with Crippen LogP contribution in [0.1, 0.15) is 17.5 Å². The Labute approximate surface area is 154 Å². The summed E-state index contributed by atoms with van der Waals surface area (Å²) in [5.74, 6) is 0.528. The van der Waals surface area contributed by atoms with E-state index >= 15 is 0 Å². The second-order valence-electron chi connectivity index (χ2n) is 6.45. The second-order valence-corrected chi connectivity index (χ2v) is 6.45. The Morgan fingerprint density at radius 3 is 2.59 bits per heavy atom. The highest BCUT2D eigenvalue weighted by molar-refractivity contribution is 5.40. The first-order chi connectivity index (χ1) is 12.8. The van der Waals surface area contributed by atoms with Crippen LogP contribution >= 0.6 is 0 Å². The van der Waals surface area contributed by atoms with Gasteiger partial charge in [-0.3, -0.25) is 15.0 Å². The van der Waals surface area contributed by atoms with Gasteiger partial charge in [0.15, 0.2) is 0 Å². The first kappa shape index (κ1) is 19.1. The van der Waals surface area contributed by atoms with Gasteiger partial charge < -0.3 is 4.90 Å². The van der Waals surface area contributed by atoms with Gasteiger partial charge in [-0.05, 0) is 24.1 Å². The summed E-state index contributed by atoms with van der Waals surface area (Å²) in [5, 5.41) is 10.9. The lowest BCUT2D eigenvalue weighted by atomic mass is 10.2. The molecule has 9 heteroatoms. The van der Waals surface area contributed by atoms with E-state index in [2.05, 4.69) is 9.88 Å². The number of nitrogens with zero attached hydrogens (tertiary/aromatic N) is 4. The number of hydrogen-bond donors (Lipinski definition) is 0. The highest BCUT2D eigenvalue weighted by Crippen LogP contribution is 2.29. The van der Waals surface area contributed by atoms with Crippen molar-refractivity contribution in [3.05, 3.63) is 63.8 Å². The number of aromatic nitrogens is 1. The van der Waals surface area contributed by atoms with Crippen LogP contribution in [0.4, 0.5) is 24.7 Å². The molecule has 0 atom stereocenters. The van der Waals surface area contributed by atoms with Crippen LogP contribution < -0.4 is 4.90 Å². The number of alkyl halides is 3. The third-order valence-electron chi connectivity index (χ3n) is 4.52. The summed E-state index contributed by atoms with van der Waals surface area (Å²) in [6.07, 6.45) is -2.70. The molecule has 0 N–H and O–H groups in total. The van der Waals surface area contributed by atoms with E-state index < -0.39 is 16.7 Å². The largest absolute Gasteiger partial charge is 0.417 e. The van der Waals surface area contributed by atoms with Crippen molar-refractivity contribution in [3.8, 4) is 0 Å². The molecule has 0 amide bonds. The van der Waals surface area contributed by atoms with Crippen molar-refractivity contribution in [2.75, 3.05) is 31.1 Å². The van der Waals surface area contributed by atoms with Gasteiger partial charge in [0, 0.05) is 51.1 Å². The quantitative estimate of drug-likeness (QED) is 0.598. The zero-order valence-corrected chi connectivity index (χ0v) is 14.5. The van der Waals surface area contributed by atoms with E-state index in [9.17, 15) is 23.3 Å². The summed E-state index contributed by atoms with van der Waals surface area (Å²) >= 11 is 0. The molecule has 0 radical (unpaired) electrons. The number of benzene rings is 1. The molecule has 0 saturated carbocycles. The zero-order valence-electron chi connectivity index (χ0n) is 14.5. The highest BCUT2D eigenvalue weighted by Gasteiger charge is 2.31. The number of halogens is 3. The maximum Gasteiger partial charge on any atom is 0.417 e. The van der Waals surface area contributed by atoms with Gasteiger partial charge in [0.2, 0.25) is 0 Å². The summed E-state index contributed by atoms with van der Waals surface area (Å²) in [6, 6.07) is 9.01. The van der Waals surface area contributed by atoms with Crippen LogP contribution in [0.25, 0.3) is 0 Å². The molecular weight excluding hydrogens is 361 g/mol. The van der Waals surface area contributed by atoms with Crippen molar-refractivity contribution in [1.29, 1.82) is 0 Å². The van der Waals surface area contributed by atoms with E-state index in [1.165, 1.54) is 12.1 Å². The number of nitro groups is 1. The molecule has 1 fully saturated rings. The molecule has 0 unspecified atom stereocenters. The molecule has 0 spiro atoms. The topological polar surface area (TPSA) is 62.5 Å². The third kappa shape index (κ3) is 4.94. The predicted octanol–water partition coefficient (Wildman–Crippen LogP) is 3.72. The molecule has 1 saturated heterocycles. The predicted molar refractivity (Wildman–Crippen MR) is 94.4 cm³/mol. The Morgan fingerprint density at radius 1 is 1.11 bits per heavy atom. The van der Waals surface area contributed by atoms with Crippen molar-refractivity contribution in [2.45, 2.75) is 19.1 Å². The molecule has 6 nitrogen and oxygen atoms in total. The minimum Gasteiger partial charge on any atom is -0.355 e. The van der Waals surface area contributed by atoms with Crippen LogP contribution in [0.15, 0.2) is 42.6 Å². The fourth-order valence-electron chi connectivity index (χ4n) is 3.13. The van der Waals surface area contributed by atoms with Crippen molar-refractivity contribution < 1.29 is 18.1 Å². The average Bonchev–Trinajstić information content (AvgIpc) is 2.87. The van der Waals surface area contributed by atoms with Gasteiger partial charge in [0.25, 0.3) is 5.69 Å². The van der Waals surface area contributed by atoms with Crippen LogP contribution in [-0.4, -0.2) is 41.0 Å². The minimum atomic E-state index is -4.39. The summed E-state index contributed by atoms with van der Waals surface area (Å²) in [5.41, 5.74) is 0.177. The minimum absolute atomic E-state index is 0.0675. The number of non-ortho nitro benzene ring substituents is 1. The van der Waals surface area contributed by atoms with E-state index in [4.69, 9.17) is 0 Å². The van der Waals surface area contributed by atoms with Crippen molar-refractivity contribution in [3.63, 3.8) is 0 Å². The summed E-state index contributed by atoms with van der Waals surface area (Å²) < 4.78 is 38.0. The molecule has 1 aromatic carbocycles. The lowest BCUT2D eigenvalue weighted by molar-refractivity contribution is -0.384. The number of rotatable bonds is 4. The first-order valence-corrected chi connectivity index (χ1v) is 8.57. The molecule has 2 aromatic rings. The average molecular weight is 380 g/mol. The normalized spacial score (nSPS) is 16.2. The zero-order chi connectivity index (χ0) is 19.4. The lowest BCUT2D eigenvalue weighted by Gasteiger charge is -2.23. The number of hydrogen-bond acceptors (Lipinski definition) is 5. The summed E-state index contributed by atoms with van der Waals surface area (Å²) in [7, 11) is 0. The Kier molecular flexibility index (Phi) is 5.59. The van der Waals surface area contributed by atoms with Crippen LogP contribution in [0.5, 0.6) is 0 Å². The lowest BCUT2D eigenvalue weighted by Crippen LogP contribution is -2.31. The van der Waals surface area contributed by atoms with E-state index in [-0.39, 0.29) is 5.69 Å². The van der Waals surface area contributed by atoms with Crippen LogP contribution in [-0.2, 0) is 12.7 Å². The van der Waals surface area contributed by atoms with Gasteiger partial charge >= 0.3 is 6.18 Å². The number of anilines is 1. The van der Waals surface area contributed by atoms with E-state index in [1.807, 2.05) is 11.0 Å². The maximum absolute atomic E-state index is 12.7. The molecular formula is C18H19F3N4O2.